The van der Waals surface area contributed by atoms with Crippen LogP contribution in [-0.2, 0) is 11.8 Å². The summed E-state index contributed by atoms with van der Waals surface area (Å²) in [6.07, 6.45) is 7.55. The molecule has 1 spiro atoms. The van der Waals surface area contributed by atoms with E-state index in [2.05, 4.69) is 15.0 Å². The number of carbonyl (C=O) groups excluding carboxylic acids is 1. The molecule has 1 atom stereocenters. The molecular weight excluding hydrogens is 340 g/mol. The summed E-state index contributed by atoms with van der Waals surface area (Å²) in [4.78, 5) is 35.0. The number of rotatable bonds is 2. The van der Waals surface area contributed by atoms with Gasteiger partial charge in [0.05, 0.1) is 22.6 Å². The summed E-state index contributed by atoms with van der Waals surface area (Å²) in [6.45, 7) is 5.23. The van der Waals surface area contributed by atoms with Crippen molar-refractivity contribution in [1.29, 1.82) is 0 Å². The van der Waals surface area contributed by atoms with Crippen molar-refractivity contribution in [2.75, 3.05) is 32.1 Å². The van der Waals surface area contributed by atoms with Gasteiger partial charge >= 0.3 is 0 Å². The van der Waals surface area contributed by atoms with E-state index in [-0.39, 0.29) is 11.3 Å². The number of anilines is 1. The lowest BCUT2D eigenvalue weighted by atomic mass is 9.77. The number of likely N-dealkylation sites (tertiary alicyclic amines) is 1. The molecule has 2 aliphatic rings. The molecule has 2 aromatic rings. The largest absolute Gasteiger partial charge is 0.347 e. The second-order valence-corrected chi connectivity index (χ2v) is 7.97. The Morgan fingerprint density at radius 3 is 2.59 bits per heavy atom. The molecule has 4 rings (SSSR count). The van der Waals surface area contributed by atoms with Crippen LogP contribution in [0.1, 0.15) is 52.3 Å². The zero-order chi connectivity index (χ0) is 19.2. The SMILES string of the molecule is Cc1ncnc(C)c1C(=O)N1CCCC2(CCc3cnc(N(C)C)nc32)C1. The highest BCUT2D eigenvalue weighted by Crippen LogP contribution is 2.44. The maximum atomic E-state index is 13.3. The van der Waals surface area contributed by atoms with E-state index < -0.39 is 0 Å². The molecule has 7 nitrogen and oxygen atoms in total. The quantitative estimate of drug-likeness (QED) is 0.810. The third-order valence-electron chi connectivity index (χ3n) is 5.93. The average Bonchev–Trinajstić information content (AvgIpc) is 2.99. The zero-order valence-corrected chi connectivity index (χ0v) is 16.5. The molecule has 1 unspecified atom stereocenters. The summed E-state index contributed by atoms with van der Waals surface area (Å²) < 4.78 is 0. The number of amides is 1. The Balaban J connectivity index is 1.67. The van der Waals surface area contributed by atoms with Gasteiger partial charge in [0.2, 0.25) is 5.95 Å². The Bertz CT molecular complexity index is 872. The first-order valence-corrected chi connectivity index (χ1v) is 9.52. The van der Waals surface area contributed by atoms with Gasteiger partial charge in [-0.1, -0.05) is 0 Å². The zero-order valence-electron chi connectivity index (χ0n) is 16.5. The normalized spacial score (nSPS) is 21.4. The molecule has 27 heavy (non-hydrogen) atoms. The second kappa shape index (κ2) is 6.55. The number of hydrogen-bond donors (Lipinski definition) is 0. The highest BCUT2D eigenvalue weighted by atomic mass is 16.2. The number of aryl methyl sites for hydroxylation is 3. The van der Waals surface area contributed by atoms with Crippen molar-refractivity contribution >= 4 is 11.9 Å². The van der Waals surface area contributed by atoms with Crippen molar-refractivity contribution in [2.45, 2.75) is 44.9 Å². The highest BCUT2D eigenvalue weighted by Gasteiger charge is 2.45. The van der Waals surface area contributed by atoms with E-state index in [9.17, 15) is 4.79 Å². The van der Waals surface area contributed by atoms with Gasteiger partial charge in [0.25, 0.3) is 5.91 Å². The van der Waals surface area contributed by atoms with E-state index in [1.165, 1.54) is 11.9 Å². The molecule has 0 radical (unpaired) electrons. The number of fused-ring (bicyclic) bond motifs is 2. The van der Waals surface area contributed by atoms with Crippen LogP contribution in [0.3, 0.4) is 0 Å². The van der Waals surface area contributed by atoms with E-state index in [0.717, 1.165) is 55.3 Å². The van der Waals surface area contributed by atoms with Crippen LogP contribution < -0.4 is 4.90 Å². The van der Waals surface area contributed by atoms with Crippen molar-refractivity contribution in [3.05, 3.63) is 40.7 Å². The summed E-state index contributed by atoms with van der Waals surface area (Å²) >= 11 is 0. The van der Waals surface area contributed by atoms with Crippen LogP contribution in [0.2, 0.25) is 0 Å². The maximum Gasteiger partial charge on any atom is 0.257 e. The number of carbonyl (C=O) groups is 1. The topological polar surface area (TPSA) is 75.1 Å². The molecule has 3 heterocycles. The van der Waals surface area contributed by atoms with Crippen LogP contribution in [0.4, 0.5) is 5.95 Å². The molecule has 0 saturated carbocycles. The molecule has 0 N–H and O–H groups in total. The molecule has 1 aliphatic heterocycles. The van der Waals surface area contributed by atoms with Crippen molar-refractivity contribution in [2.24, 2.45) is 0 Å². The van der Waals surface area contributed by atoms with Crippen LogP contribution in [0.25, 0.3) is 0 Å². The van der Waals surface area contributed by atoms with Gasteiger partial charge in [-0.05, 0) is 45.1 Å². The molecule has 1 fully saturated rings. The smallest absolute Gasteiger partial charge is 0.257 e. The summed E-state index contributed by atoms with van der Waals surface area (Å²) in [5, 5.41) is 0. The minimum atomic E-state index is -0.0611. The number of hydrogen-bond acceptors (Lipinski definition) is 6. The van der Waals surface area contributed by atoms with Crippen LogP contribution in [-0.4, -0.2) is 57.9 Å². The lowest BCUT2D eigenvalue weighted by Crippen LogP contribution is -2.48. The fraction of sp³-hybridized carbons (Fsp3) is 0.550. The summed E-state index contributed by atoms with van der Waals surface area (Å²) in [5.74, 6) is 0.779. The lowest BCUT2D eigenvalue weighted by Gasteiger charge is -2.40. The Labute approximate surface area is 159 Å². The van der Waals surface area contributed by atoms with E-state index in [1.807, 2.05) is 43.9 Å². The summed E-state index contributed by atoms with van der Waals surface area (Å²) in [7, 11) is 3.92. The first kappa shape index (κ1) is 17.8. The molecule has 0 aromatic carbocycles. The molecular formula is C20H26N6O. The Hall–Kier alpha value is -2.57. The second-order valence-electron chi connectivity index (χ2n) is 7.97. The first-order valence-electron chi connectivity index (χ1n) is 9.52. The number of aromatic nitrogens is 4. The fourth-order valence-electron chi connectivity index (χ4n) is 4.51. The van der Waals surface area contributed by atoms with E-state index in [0.29, 0.717) is 12.1 Å². The fourth-order valence-corrected chi connectivity index (χ4v) is 4.51. The molecule has 7 heteroatoms. The predicted octanol–water partition coefficient (Wildman–Crippen LogP) is 2.07. The van der Waals surface area contributed by atoms with Gasteiger partial charge in [0.1, 0.15) is 6.33 Å². The van der Waals surface area contributed by atoms with Crippen molar-refractivity contribution in [3.63, 3.8) is 0 Å². The van der Waals surface area contributed by atoms with E-state index in [4.69, 9.17) is 4.98 Å². The molecule has 1 saturated heterocycles. The van der Waals surface area contributed by atoms with Gasteiger partial charge < -0.3 is 9.80 Å². The van der Waals surface area contributed by atoms with Gasteiger partial charge in [0, 0.05) is 38.8 Å². The van der Waals surface area contributed by atoms with E-state index >= 15 is 0 Å². The highest BCUT2D eigenvalue weighted by molar-refractivity contribution is 5.96. The summed E-state index contributed by atoms with van der Waals surface area (Å²) in [5.41, 5.74) is 4.44. The average molecular weight is 366 g/mol. The minimum absolute atomic E-state index is 0.0417. The van der Waals surface area contributed by atoms with Crippen LogP contribution in [0.5, 0.6) is 0 Å². The number of nitrogens with zero attached hydrogens (tertiary/aromatic N) is 6. The van der Waals surface area contributed by atoms with Gasteiger partial charge in [-0.15, -0.1) is 0 Å². The van der Waals surface area contributed by atoms with Gasteiger partial charge in [-0.2, -0.15) is 0 Å². The monoisotopic (exact) mass is 366 g/mol. The van der Waals surface area contributed by atoms with Gasteiger partial charge in [0.15, 0.2) is 0 Å². The number of piperidine rings is 1. The van der Waals surface area contributed by atoms with E-state index in [1.54, 1.807) is 0 Å². The predicted molar refractivity (Wildman–Crippen MR) is 103 cm³/mol. The molecule has 142 valence electrons. The van der Waals surface area contributed by atoms with Crippen LogP contribution >= 0.6 is 0 Å². The molecule has 2 aromatic heterocycles. The maximum absolute atomic E-state index is 13.3. The third-order valence-corrected chi connectivity index (χ3v) is 5.93. The van der Waals surface area contributed by atoms with Gasteiger partial charge in [-0.3, -0.25) is 4.79 Å². The molecule has 0 bridgehead atoms. The first-order chi connectivity index (χ1) is 12.9. The lowest BCUT2D eigenvalue weighted by molar-refractivity contribution is 0.0631. The van der Waals surface area contributed by atoms with Crippen molar-refractivity contribution in [1.82, 2.24) is 24.8 Å². The molecule has 1 amide bonds. The Morgan fingerprint density at radius 1 is 1.15 bits per heavy atom. The van der Waals surface area contributed by atoms with Crippen molar-refractivity contribution in [3.8, 4) is 0 Å². The third kappa shape index (κ3) is 2.95. The standard InChI is InChI=1S/C20H26N6O/c1-13-16(14(2)23-12-22-13)18(27)26-9-5-7-20(11-26)8-6-15-10-21-19(25(3)4)24-17(15)20/h10,12H,5-9,11H2,1-4H3. The molecule has 1 aliphatic carbocycles. The Kier molecular flexibility index (Phi) is 4.32. The van der Waals surface area contributed by atoms with Crippen molar-refractivity contribution < 1.29 is 4.79 Å². The Morgan fingerprint density at radius 2 is 1.89 bits per heavy atom. The van der Waals surface area contributed by atoms with Crippen LogP contribution in [0, 0.1) is 13.8 Å². The summed E-state index contributed by atoms with van der Waals surface area (Å²) in [6, 6.07) is 0. The minimum Gasteiger partial charge on any atom is -0.347 e. The van der Waals surface area contributed by atoms with Gasteiger partial charge in [-0.25, -0.2) is 19.9 Å². The van der Waals surface area contributed by atoms with Crippen LogP contribution in [0.15, 0.2) is 12.5 Å².